The zero-order valence-electron chi connectivity index (χ0n) is 11.4. The fourth-order valence-corrected chi connectivity index (χ4v) is 3.11. The first-order valence-corrected chi connectivity index (χ1v) is 7.52. The predicted octanol–water partition coefficient (Wildman–Crippen LogP) is 3.81. The van der Waals surface area contributed by atoms with Crippen LogP contribution in [0, 0.1) is 0 Å². The average molecular weight is 373 g/mol. The standard InChI is InChI=1S/C14H13BrO5S/c1-18-10-5-8(14(16)17)6-11(19-2)13(10)20-7-9-3-4-12(15)21-9/h3-6H,7H2,1-2H3,(H,16,17). The summed E-state index contributed by atoms with van der Waals surface area (Å²) in [6, 6.07) is 6.69. The van der Waals surface area contributed by atoms with E-state index in [2.05, 4.69) is 15.9 Å². The lowest BCUT2D eigenvalue weighted by Crippen LogP contribution is -2.03. The van der Waals surface area contributed by atoms with E-state index in [0.717, 1.165) is 8.66 Å². The normalized spacial score (nSPS) is 10.2. The van der Waals surface area contributed by atoms with E-state index >= 15 is 0 Å². The smallest absolute Gasteiger partial charge is 0.335 e. The zero-order valence-corrected chi connectivity index (χ0v) is 13.8. The van der Waals surface area contributed by atoms with Gasteiger partial charge in [0.2, 0.25) is 5.75 Å². The van der Waals surface area contributed by atoms with Gasteiger partial charge in [-0.3, -0.25) is 0 Å². The number of hydrogen-bond donors (Lipinski definition) is 1. The summed E-state index contributed by atoms with van der Waals surface area (Å²) >= 11 is 4.95. The third-order valence-electron chi connectivity index (χ3n) is 2.70. The lowest BCUT2D eigenvalue weighted by molar-refractivity contribution is 0.0696. The second-order valence-corrected chi connectivity index (χ2v) is 6.56. The molecule has 5 nitrogen and oxygen atoms in total. The Morgan fingerprint density at radius 3 is 2.29 bits per heavy atom. The molecule has 1 N–H and O–H groups in total. The van der Waals surface area contributed by atoms with Crippen molar-refractivity contribution in [2.45, 2.75) is 6.61 Å². The van der Waals surface area contributed by atoms with E-state index in [1.165, 1.54) is 26.4 Å². The minimum absolute atomic E-state index is 0.0786. The van der Waals surface area contributed by atoms with Gasteiger partial charge in [0.15, 0.2) is 11.5 Å². The SMILES string of the molecule is COc1cc(C(=O)O)cc(OC)c1OCc1ccc(Br)s1. The number of methoxy groups -OCH3 is 2. The van der Waals surface area contributed by atoms with E-state index in [0.29, 0.717) is 23.9 Å². The first-order chi connectivity index (χ1) is 10.0. The van der Waals surface area contributed by atoms with Gasteiger partial charge >= 0.3 is 5.97 Å². The summed E-state index contributed by atoms with van der Waals surface area (Å²) in [6.07, 6.45) is 0. The highest BCUT2D eigenvalue weighted by Gasteiger charge is 2.17. The third kappa shape index (κ3) is 3.68. The molecule has 0 bridgehead atoms. The maximum Gasteiger partial charge on any atom is 0.335 e. The van der Waals surface area contributed by atoms with Crippen LogP contribution in [0.3, 0.4) is 0 Å². The van der Waals surface area contributed by atoms with Crippen molar-refractivity contribution in [3.63, 3.8) is 0 Å². The highest BCUT2D eigenvalue weighted by molar-refractivity contribution is 9.11. The number of benzene rings is 1. The molecule has 2 aromatic rings. The Kier molecular flexibility index (Phi) is 5.08. The van der Waals surface area contributed by atoms with Gasteiger partial charge in [-0.05, 0) is 40.2 Å². The minimum atomic E-state index is -1.06. The summed E-state index contributed by atoms with van der Waals surface area (Å²) in [6.45, 7) is 0.343. The summed E-state index contributed by atoms with van der Waals surface area (Å²) in [7, 11) is 2.91. The van der Waals surface area contributed by atoms with E-state index in [1.54, 1.807) is 11.3 Å². The number of rotatable bonds is 6. The molecule has 0 fully saturated rings. The summed E-state index contributed by atoms with van der Waals surface area (Å²) < 4.78 is 17.1. The van der Waals surface area contributed by atoms with Crippen LogP contribution in [0.25, 0.3) is 0 Å². The average Bonchev–Trinajstić information content (AvgIpc) is 2.89. The van der Waals surface area contributed by atoms with Crippen LogP contribution in [0.2, 0.25) is 0 Å². The van der Waals surface area contributed by atoms with Gasteiger partial charge in [0, 0.05) is 4.88 Å². The van der Waals surface area contributed by atoms with E-state index in [1.807, 2.05) is 12.1 Å². The van der Waals surface area contributed by atoms with Crippen LogP contribution in [0.4, 0.5) is 0 Å². The van der Waals surface area contributed by atoms with Crippen LogP contribution in [0.5, 0.6) is 17.2 Å². The minimum Gasteiger partial charge on any atom is -0.493 e. The summed E-state index contributed by atoms with van der Waals surface area (Å²) in [5.41, 5.74) is 0.0786. The molecule has 7 heteroatoms. The van der Waals surface area contributed by atoms with Gasteiger partial charge in [-0.2, -0.15) is 0 Å². The van der Waals surface area contributed by atoms with Crippen molar-refractivity contribution in [3.8, 4) is 17.2 Å². The van der Waals surface area contributed by atoms with Gasteiger partial charge in [-0.1, -0.05) is 0 Å². The Labute approximate surface area is 134 Å². The molecule has 0 amide bonds. The molecule has 0 aliphatic rings. The largest absolute Gasteiger partial charge is 0.493 e. The highest BCUT2D eigenvalue weighted by Crippen LogP contribution is 2.39. The Morgan fingerprint density at radius 2 is 1.86 bits per heavy atom. The fourth-order valence-electron chi connectivity index (χ4n) is 1.72. The Bertz CT molecular complexity index is 628. The van der Waals surface area contributed by atoms with Gasteiger partial charge < -0.3 is 19.3 Å². The molecule has 21 heavy (non-hydrogen) atoms. The van der Waals surface area contributed by atoms with Crippen LogP contribution in [0.15, 0.2) is 28.1 Å². The van der Waals surface area contributed by atoms with Crippen molar-refractivity contribution >= 4 is 33.2 Å². The maximum absolute atomic E-state index is 11.1. The molecular formula is C14H13BrO5S. The second-order valence-electron chi connectivity index (χ2n) is 4.01. The number of carboxylic acids is 1. The molecule has 112 valence electrons. The molecule has 0 spiro atoms. The lowest BCUT2D eigenvalue weighted by atomic mass is 10.2. The van der Waals surface area contributed by atoms with Gasteiger partial charge in [0.25, 0.3) is 0 Å². The molecule has 1 aromatic carbocycles. The molecular weight excluding hydrogens is 360 g/mol. The highest BCUT2D eigenvalue weighted by atomic mass is 79.9. The molecule has 1 heterocycles. The summed E-state index contributed by atoms with van der Waals surface area (Å²) in [5.74, 6) is -0.0281. The molecule has 0 aliphatic heterocycles. The second kappa shape index (κ2) is 6.82. The number of ether oxygens (including phenoxy) is 3. The van der Waals surface area contributed by atoms with Crippen molar-refractivity contribution in [2.24, 2.45) is 0 Å². The van der Waals surface area contributed by atoms with Crippen LogP contribution in [0.1, 0.15) is 15.2 Å². The quantitative estimate of drug-likeness (QED) is 0.834. The van der Waals surface area contributed by atoms with E-state index in [-0.39, 0.29) is 5.56 Å². The number of carboxylic acid groups (broad SMARTS) is 1. The molecule has 1 aromatic heterocycles. The van der Waals surface area contributed by atoms with E-state index in [4.69, 9.17) is 19.3 Å². The van der Waals surface area contributed by atoms with Crippen molar-refractivity contribution in [1.82, 2.24) is 0 Å². The first-order valence-electron chi connectivity index (χ1n) is 5.91. The van der Waals surface area contributed by atoms with E-state index < -0.39 is 5.97 Å². The van der Waals surface area contributed by atoms with Gasteiger partial charge in [0.05, 0.1) is 23.6 Å². The fraction of sp³-hybridized carbons (Fsp3) is 0.214. The monoisotopic (exact) mass is 372 g/mol. The molecule has 0 aliphatic carbocycles. The van der Waals surface area contributed by atoms with Gasteiger partial charge in [0.1, 0.15) is 6.61 Å². The Balaban J connectivity index is 2.30. The molecule has 0 radical (unpaired) electrons. The number of halogens is 1. The third-order valence-corrected chi connectivity index (χ3v) is 4.29. The summed E-state index contributed by atoms with van der Waals surface area (Å²) in [5, 5.41) is 9.07. The van der Waals surface area contributed by atoms with E-state index in [9.17, 15) is 4.79 Å². The van der Waals surface area contributed by atoms with Gasteiger partial charge in [-0.15, -0.1) is 11.3 Å². The van der Waals surface area contributed by atoms with Crippen LogP contribution in [-0.2, 0) is 6.61 Å². The molecule has 0 unspecified atom stereocenters. The lowest BCUT2D eigenvalue weighted by Gasteiger charge is -2.14. The predicted molar refractivity (Wildman–Crippen MR) is 82.9 cm³/mol. The molecule has 0 atom stereocenters. The molecule has 2 rings (SSSR count). The molecule has 0 saturated heterocycles. The number of hydrogen-bond acceptors (Lipinski definition) is 5. The number of thiophene rings is 1. The Hall–Kier alpha value is -1.73. The number of carbonyl (C=O) groups is 1. The first kappa shape index (κ1) is 15.7. The number of aromatic carboxylic acids is 1. The maximum atomic E-state index is 11.1. The Morgan fingerprint density at radius 1 is 1.24 bits per heavy atom. The summed E-state index contributed by atoms with van der Waals surface area (Å²) in [4.78, 5) is 12.1. The topological polar surface area (TPSA) is 65.0 Å². The van der Waals surface area contributed by atoms with Gasteiger partial charge in [-0.25, -0.2) is 4.79 Å². The van der Waals surface area contributed by atoms with Crippen molar-refractivity contribution in [3.05, 3.63) is 38.5 Å². The van der Waals surface area contributed by atoms with Crippen molar-refractivity contribution in [1.29, 1.82) is 0 Å². The van der Waals surface area contributed by atoms with Crippen molar-refractivity contribution in [2.75, 3.05) is 14.2 Å². The van der Waals surface area contributed by atoms with Crippen molar-refractivity contribution < 1.29 is 24.1 Å². The molecule has 0 saturated carbocycles. The van der Waals surface area contributed by atoms with Crippen LogP contribution >= 0.6 is 27.3 Å². The van der Waals surface area contributed by atoms with Crippen LogP contribution in [-0.4, -0.2) is 25.3 Å². The zero-order chi connectivity index (χ0) is 15.4. The van der Waals surface area contributed by atoms with Crippen LogP contribution < -0.4 is 14.2 Å².